The van der Waals surface area contributed by atoms with Crippen LogP contribution in [0.3, 0.4) is 0 Å². The molecule has 0 radical (unpaired) electrons. The number of hydrogen-bond acceptors (Lipinski definition) is 1. The Morgan fingerprint density at radius 3 is 2.59 bits per heavy atom. The fraction of sp³-hybridized carbons (Fsp3) is 0.333. The molecule has 92 valence electrons. The Labute approximate surface area is 96.6 Å². The standard InChI is InChI=1S/C12H13F3N2/c1-7(6-16)8-2-3-10-9(4-8)5-11(17-10)12(13,14)15/h2-5,7,17H,6,16H2,1H3. The topological polar surface area (TPSA) is 41.8 Å². The molecule has 5 heteroatoms. The average Bonchev–Trinajstić information content (AvgIpc) is 2.70. The van der Waals surface area contributed by atoms with Crippen molar-refractivity contribution in [1.82, 2.24) is 4.98 Å². The van der Waals surface area contributed by atoms with Crippen LogP contribution in [0.1, 0.15) is 24.1 Å². The fourth-order valence-electron chi connectivity index (χ4n) is 1.75. The van der Waals surface area contributed by atoms with E-state index in [2.05, 4.69) is 4.98 Å². The van der Waals surface area contributed by atoms with Gasteiger partial charge in [0.1, 0.15) is 5.69 Å². The van der Waals surface area contributed by atoms with Gasteiger partial charge in [0, 0.05) is 10.9 Å². The zero-order chi connectivity index (χ0) is 12.6. The molecule has 2 rings (SSSR count). The van der Waals surface area contributed by atoms with Crippen LogP contribution in [0.25, 0.3) is 10.9 Å². The number of alkyl halides is 3. The fourth-order valence-corrected chi connectivity index (χ4v) is 1.75. The molecule has 1 unspecified atom stereocenters. The highest BCUT2D eigenvalue weighted by atomic mass is 19.4. The molecule has 0 saturated carbocycles. The number of fused-ring (bicyclic) bond motifs is 1. The summed E-state index contributed by atoms with van der Waals surface area (Å²) in [6, 6.07) is 6.34. The van der Waals surface area contributed by atoms with E-state index in [1.165, 1.54) is 0 Å². The monoisotopic (exact) mass is 242 g/mol. The van der Waals surface area contributed by atoms with Crippen molar-refractivity contribution in [3.8, 4) is 0 Å². The summed E-state index contributed by atoms with van der Waals surface area (Å²) >= 11 is 0. The van der Waals surface area contributed by atoms with Crippen LogP contribution in [0.4, 0.5) is 13.2 Å². The predicted molar refractivity (Wildman–Crippen MR) is 60.8 cm³/mol. The summed E-state index contributed by atoms with van der Waals surface area (Å²) in [4.78, 5) is 2.36. The Morgan fingerprint density at radius 1 is 1.29 bits per heavy atom. The van der Waals surface area contributed by atoms with Crippen molar-refractivity contribution in [1.29, 1.82) is 0 Å². The van der Waals surface area contributed by atoms with Crippen molar-refractivity contribution >= 4 is 10.9 Å². The highest BCUT2D eigenvalue weighted by Gasteiger charge is 2.32. The van der Waals surface area contributed by atoms with Gasteiger partial charge in [-0.3, -0.25) is 0 Å². The molecule has 0 amide bonds. The maximum absolute atomic E-state index is 12.5. The van der Waals surface area contributed by atoms with Crippen molar-refractivity contribution in [3.05, 3.63) is 35.5 Å². The number of halogens is 3. The smallest absolute Gasteiger partial charge is 0.351 e. The van der Waals surface area contributed by atoms with Gasteiger partial charge >= 0.3 is 6.18 Å². The van der Waals surface area contributed by atoms with E-state index >= 15 is 0 Å². The van der Waals surface area contributed by atoms with Crippen molar-refractivity contribution in [3.63, 3.8) is 0 Å². The minimum atomic E-state index is -4.33. The Hall–Kier alpha value is -1.49. The van der Waals surface area contributed by atoms with Crippen LogP contribution in [-0.4, -0.2) is 11.5 Å². The van der Waals surface area contributed by atoms with E-state index in [4.69, 9.17) is 5.73 Å². The molecule has 2 nitrogen and oxygen atoms in total. The summed E-state index contributed by atoms with van der Waals surface area (Å²) < 4.78 is 37.5. The SMILES string of the molecule is CC(CN)c1ccc2[nH]c(C(F)(F)F)cc2c1. The first-order chi connectivity index (χ1) is 7.91. The molecule has 0 aliphatic rings. The number of hydrogen-bond donors (Lipinski definition) is 2. The van der Waals surface area contributed by atoms with E-state index in [0.29, 0.717) is 17.4 Å². The van der Waals surface area contributed by atoms with Crippen LogP contribution in [0.2, 0.25) is 0 Å². The van der Waals surface area contributed by atoms with Gasteiger partial charge in [0.25, 0.3) is 0 Å². The number of aromatic amines is 1. The average molecular weight is 242 g/mol. The number of nitrogens with one attached hydrogen (secondary N) is 1. The summed E-state index contributed by atoms with van der Waals surface area (Å²) in [5, 5.41) is 0.565. The van der Waals surface area contributed by atoms with Gasteiger partial charge in [-0.1, -0.05) is 13.0 Å². The van der Waals surface area contributed by atoms with Crippen molar-refractivity contribution in [2.45, 2.75) is 19.0 Å². The molecular weight excluding hydrogens is 229 g/mol. The van der Waals surface area contributed by atoms with Gasteiger partial charge in [0.2, 0.25) is 0 Å². The Balaban J connectivity index is 2.48. The van der Waals surface area contributed by atoms with Crippen LogP contribution < -0.4 is 5.73 Å². The summed E-state index contributed by atoms with van der Waals surface area (Å²) in [6.07, 6.45) is -4.33. The van der Waals surface area contributed by atoms with Gasteiger partial charge < -0.3 is 10.7 Å². The van der Waals surface area contributed by atoms with Gasteiger partial charge in [0.05, 0.1) is 0 Å². The molecule has 1 atom stereocenters. The second-order valence-corrected chi connectivity index (χ2v) is 4.16. The predicted octanol–water partition coefficient (Wildman–Crippen LogP) is 3.25. The van der Waals surface area contributed by atoms with Gasteiger partial charge in [-0.05, 0) is 36.2 Å². The molecule has 0 aliphatic carbocycles. The largest absolute Gasteiger partial charge is 0.431 e. The van der Waals surface area contributed by atoms with E-state index in [1.807, 2.05) is 6.92 Å². The number of H-pyrrole nitrogens is 1. The molecule has 0 saturated heterocycles. The second-order valence-electron chi connectivity index (χ2n) is 4.16. The molecule has 3 N–H and O–H groups in total. The van der Waals surface area contributed by atoms with Gasteiger partial charge in [-0.2, -0.15) is 13.2 Å². The first-order valence-corrected chi connectivity index (χ1v) is 5.31. The Bertz CT molecular complexity index is 528. The lowest BCUT2D eigenvalue weighted by atomic mass is 10.0. The maximum Gasteiger partial charge on any atom is 0.431 e. The minimum absolute atomic E-state index is 0.142. The van der Waals surface area contributed by atoms with Crippen LogP contribution in [0, 0.1) is 0 Å². The van der Waals surface area contributed by atoms with Crippen molar-refractivity contribution in [2.75, 3.05) is 6.54 Å². The minimum Gasteiger partial charge on any atom is -0.351 e. The summed E-state index contributed by atoms with van der Waals surface area (Å²) in [5.41, 5.74) is 6.26. The van der Waals surface area contributed by atoms with Crippen molar-refractivity contribution in [2.24, 2.45) is 5.73 Å². The normalized spacial score (nSPS) is 14.2. The number of aromatic nitrogens is 1. The van der Waals surface area contributed by atoms with E-state index in [9.17, 15) is 13.2 Å². The zero-order valence-electron chi connectivity index (χ0n) is 9.31. The molecule has 17 heavy (non-hydrogen) atoms. The molecule has 0 bridgehead atoms. The van der Waals surface area contributed by atoms with Crippen LogP contribution in [-0.2, 0) is 6.18 Å². The van der Waals surface area contributed by atoms with E-state index < -0.39 is 11.9 Å². The lowest BCUT2D eigenvalue weighted by Gasteiger charge is -2.08. The molecule has 0 fully saturated rings. The highest BCUT2D eigenvalue weighted by molar-refractivity contribution is 5.81. The first-order valence-electron chi connectivity index (χ1n) is 5.31. The van der Waals surface area contributed by atoms with Crippen molar-refractivity contribution < 1.29 is 13.2 Å². The Kier molecular flexibility index (Phi) is 2.87. The summed E-state index contributed by atoms with van der Waals surface area (Å²) in [6.45, 7) is 2.42. The maximum atomic E-state index is 12.5. The summed E-state index contributed by atoms with van der Waals surface area (Å²) in [5.74, 6) is 0.142. The molecule has 0 aliphatic heterocycles. The third-order valence-corrected chi connectivity index (χ3v) is 2.87. The molecule has 0 spiro atoms. The molecule has 2 aromatic rings. The van der Waals surface area contributed by atoms with Crippen LogP contribution >= 0.6 is 0 Å². The van der Waals surface area contributed by atoms with E-state index in [-0.39, 0.29) is 5.92 Å². The first kappa shape index (κ1) is 12.0. The third-order valence-electron chi connectivity index (χ3n) is 2.87. The van der Waals surface area contributed by atoms with E-state index in [0.717, 1.165) is 11.6 Å². The zero-order valence-corrected chi connectivity index (χ0v) is 9.31. The number of rotatable bonds is 2. The second kappa shape index (κ2) is 4.07. The Morgan fingerprint density at radius 2 is 2.00 bits per heavy atom. The van der Waals surface area contributed by atoms with Crippen LogP contribution in [0.5, 0.6) is 0 Å². The lowest BCUT2D eigenvalue weighted by molar-refractivity contribution is -0.140. The van der Waals surface area contributed by atoms with Gasteiger partial charge in [0.15, 0.2) is 0 Å². The molecule has 1 aromatic heterocycles. The number of benzene rings is 1. The van der Waals surface area contributed by atoms with E-state index in [1.54, 1.807) is 18.2 Å². The van der Waals surface area contributed by atoms with Crippen LogP contribution in [0.15, 0.2) is 24.3 Å². The summed E-state index contributed by atoms with van der Waals surface area (Å²) in [7, 11) is 0. The third kappa shape index (κ3) is 2.29. The molecule has 1 aromatic carbocycles. The van der Waals surface area contributed by atoms with Gasteiger partial charge in [-0.15, -0.1) is 0 Å². The number of nitrogens with two attached hydrogens (primary N) is 1. The quantitative estimate of drug-likeness (QED) is 0.834. The molecular formula is C12H13F3N2. The molecule has 1 heterocycles. The van der Waals surface area contributed by atoms with Gasteiger partial charge in [-0.25, -0.2) is 0 Å². The highest BCUT2D eigenvalue weighted by Crippen LogP contribution is 2.31. The lowest BCUT2D eigenvalue weighted by Crippen LogP contribution is -2.08.